The lowest BCUT2D eigenvalue weighted by atomic mass is 9.92. The van der Waals surface area contributed by atoms with Crippen molar-refractivity contribution >= 4 is 33.9 Å². The van der Waals surface area contributed by atoms with E-state index in [0.29, 0.717) is 32.5 Å². The molecule has 11 heteroatoms. The molecule has 2 saturated heterocycles. The van der Waals surface area contributed by atoms with Gasteiger partial charge in [0.2, 0.25) is 5.91 Å². The van der Waals surface area contributed by atoms with E-state index in [9.17, 15) is 14.4 Å². The van der Waals surface area contributed by atoms with Gasteiger partial charge in [-0.2, -0.15) is 0 Å². The van der Waals surface area contributed by atoms with Crippen LogP contribution in [0.3, 0.4) is 0 Å². The molecule has 4 heterocycles. The van der Waals surface area contributed by atoms with Gasteiger partial charge in [-0.3, -0.25) is 14.3 Å². The Labute approximate surface area is 244 Å². The predicted molar refractivity (Wildman–Crippen MR) is 164 cm³/mol. The van der Waals surface area contributed by atoms with E-state index >= 15 is 0 Å². The molecule has 0 aliphatic carbocycles. The number of fused-ring (bicyclic) bond motifs is 2. The van der Waals surface area contributed by atoms with Gasteiger partial charge in [0.15, 0.2) is 0 Å². The number of piperidine rings is 1. The summed E-state index contributed by atoms with van der Waals surface area (Å²) in [6, 6.07) is 14.7. The molecule has 5 N–H and O–H groups in total. The molecule has 0 bridgehead atoms. The number of piperazine rings is 1. The molecule has 42 heavy (non-hydrogen) atoms. The topological polar surface area (TPSA) is 130 Å². The van der Waals surface area contributed by atoms with Crippen LogP contribution >= 0.6 is 0 Å². The van der Waals surface area contributed by atoms with E-state index < -0.39 is 6.04 Å². The summed E-state index contributed by atoms with van der Waals surface area (Å²) in [6.07, 6.45) is 3.26. The average molecular weight is 573 g/mol. The molecule has 0 spiro atoms. The molecule has 2 fully saturated rings. The van der Waals surface area contributed by atoms with Crippen LogP contribution in [0, 0.1) is 0 Å². The summed E-state index contributed by atoms with van der Waals surface area (Å²) in [5.74, 6) is -0.442. The maximum Gasteiger partial charge on any atom is 0.326 e. The fraction of sp³-hybridized carbons (Fsp3) is 0.452. The van der Waals surface area contributed by atoms with Crippen molar-refractivity contribution in [2.45, 2.75) is 37.8 Å². The van der Waals surface area contributed by atoms with Crippen LogP contribution in [-0.2, 0) is 4.79 Å². The first-order chi connectivity index (χ1) is 20.5. The third-order valence-electron chi connectivity index (χ3n) is 8.85. The molecule has 11 nitrogen and oxygen atoms in total. The van der Waals surface area contributed by atoms with Crippen LogP contribution in [0.5, 0.6) is 0 Å². The number of likely N-dealkylation sites (tertiary alicyclic amines) is 1. The van der Waals surface area contributed by atoms with Gasteiger partial charge in [0.05, 0.1) is 11.0 Å². The highest BCUT2D eigenvalue weighted by molar-refractivity contribution is 5.90. The number of H-pyrrole nitrogens is 2. The van der Waals surface area contributed by atoms with E-state index in [1.54, 1.807) is 4.90 Å². The second-order valence-electron chi connectivity index (χ2n) is 11.4. The second kappa shape index (κ2) is 12.4. The Morgan fingerprint density at radius 2 is 1.69 bits per heavy atom. The van der Waals surface area contributed by atoms with Crippen LogP contribution in [0.4, 0.5) is 4.79 Å². The number of nitrogens with one attached hydrogen (secondary N) is 5. The molecule has 2 aromatic carbocycles. The Morgan fingerprint density at radius 3 is 2.48 bits per heavy atom. The SMILES string of the molecule is C[C@@H](c1c[nH]c2ccccc12)[C@@H](NC(=O)N1CCC(n2c(=O)[nH]c3ccccc32)CC1)C(=O)NCCN1CCNCC1. The lowest BCUT2D eigenvalue weighted by molar-refractivity contribution is -0.123. The number of hydrogen-bond acceptors (Lipinski definition) is 5. The largest absolute Gasteiger partial charge is 0.361 e. The number of hydrogen-bond donors (Lipinski definition) is 5. The maximum atomic E-state index is 13.6. The van der Waals surface area contributed by atoms with E-state index in [1.165, 1.54) is 0 Å². The van der Waals surface area contributed by atoms with Crippen LogP contribution in [-0.4, -0.2) is 94.7 Å². The molecular weight excluding hydrogens is 532 g/mol. The number of benzene rings is 2. The number of para-hydroxylation sites is 3. The number of urea groups is 1. The number of amides is 3. The van der Waals surface area contributed by atoms with Crippen LogP contribution in [0.1, 0.15) is 37.3 Å². The monoisotopic (exact) mass is 572 g/mol. The quantitative estimate of drug-likeness (QED) is 0.221. The van der Waals surface area contributed by atoms with Crippen molar-refractivity contribution in [1.29, 1.82) is 0 Å². The highest BCUT2D eigenvalue weighted by Crippen LogP contribution is 2.29. The number of aromatic amines is 2. The lowest BCUT2D eigenvalue weighted by Gasteiger charge is -2.34. The third kappa shape index (κ3) is 5.79. The van der Waals surface area contributed by atoms with Gasteiger partial charge >= 0.3 is 11.7 Å². The Hall–Kier alpha value is -4.09. The second-order valence-corrected chi connectivity index (χ2v) is 11.4. The summed E-state index contributed by atoms with van der Waals surface area (Å²) in [7, 11) is 0. The molecular formula is C31H40N8O3. The molecule has 3 amide bonds. The van der Waals surface area contributed by atoms with Gasteiger partial charge in [0.1, 0.15) is 6.04 Å². The predicted octanol–water partition coefficient (Wildman–Crippen LogP) is 2.35. The number of nitrogens with zero attached hydrogens (tertiary/aromatic N) is 3. The Morgan fingerprint density at radius 1 is 0.976 bits per heavy atom. The first kappa shape index (κ1) is 28.0. The zero-order valence-electron chi connectivity index (χ0n) is 24.1. The van der Waals surface area contributed by atoms with E-state index in [4.69, 9.17) is 0 Å². The maximum absolute atomic E-state index is 13.6. The summed E-state index contributed by atoms with van der Waals surface area (Å²) < 4.78 is 1.82. The number of rotatable bonds is 8. The molecule has 2 aliphatic rings. The van der Waals surface area contributed by atoms with Crippen molar-refractivity contribution in [3.05, 3.63) is 70.8 Å². The molecule has 0 radical (unpaired) electrons. The van der Waals surface area contributed by atoms with Gasteiger partial charge in [-0.25, -0.2) is 9.59 Å². The first-order valence-corrected chi connectivity index (χ1v) is 15.0. The summed E-state index contributed by atoms with van der Waals surface area (Å²) in [4.78, 5) is 50.2. The van der Waals surface area contributed by atoms with Crippen LogP contribution < -0.4 is 21.6 Å². The minimum atomic E-state index is -0.742. The lowest BCUT2D eigenvalue weighted by Crippen LogP contribution is -2.55. The Balaban J connectivity index is 1.14. The number of carbonyl (C=O) groups is 2. The van der Waals surface area contributed by atoms with Crippen LogP contribution in [0.25, 0.3) is 21.9 Å². The Kier molecular flexibility index (Phi) is 8.29. The summed E-state index contributed by atoms with van der Waals surface area (Å²) in [6.45, 7) is 8.12. The molecule has 2 aliphatic heterocycles. The molecule has 0 saturated carbocycles. The molecule has 4 aromatic rings. The van der Waals surface area contributed by atoms with E-state index in [2.05, 4.69) is 30.8 Å². The van der Waals surface area contributed by atoms with Gasteiger partial charge in [-0.1, -0.05) is 37.3 Å². The van der Waals surface area contributed by atoms with Gasteiger partial charge in [0.25, 0.3) is 0 Å². The molecule has 2 atom stereocenters. The minimum Gasteiger partial charge on any atom is -0.361 e. The van der Waals surface area contributed by atoms with Crippen LogP contribution in [0.15, 0.2) is 59.5 Å². The first-order valence-electron chi connectivity index (χ1n) is 15.0. The van der Waals surface area contributed by atoms with Crippen LogP contribution in [0.2, 0.25) is 0 Å². The van der Waals surface area contributed by atoms with Crippen molar-refractivity contribution in [3.63, 3.8) is 0 Å². The van der Waals surface area contributed by atoms with Crippen molar-refractivity contribution < 1.29 is 9.59 Å². The number of aromatic nitrogens is 3. The smallest absolute Gasteiger partial charge is 0.326 e. The van der Waals surface area contributed by atoms with Crippen molar-refractivity contribution in [3.8, 4) is 0 Å². The highest BCUT2D eigenvalue weighted by Gasteiger charge is 2.33. The van der Waals surface area contributed by atoms with Gasteiger partial charge < -0.3 is 30.8 Å². The summed E-state index contributed by atoms with van der Waals surface area (Å²) >= 11 is 0. The van der Waals surface area contributed by atoms with Crippen molar-refractivity contribution in [1.82, 2.24) is 40.3 Å². The zero-order chi connectivity index (χ0) is 29.1. The average Bonchev–Trinajstić information content (AvgIpc) is 3.60. The molecule has 0 unspecified atom stereocenters. The highest BCUT2D eigenvalue weighted by atomic mass is 16.2. The minimum absolute atomic E-state index is 0.00641. The van der Waals surface area contributed by atoms with E-state index in [-0.39, 0.29) is 29.6 Å². The third-order valence-corrected chi connectivity index (χ3v) is 8.85. The van der Waals surface area contributed by atoms with Crippen molar-refractivity contribution in [2.24, 2.45) is 0 Å². The molecule has 222 valence electrons. The van der Waals surface area contributed by atoms with E-state index in [0.717, 1.165) is 60.2 Å². The number of imidazole rings is 1. The Bertz CT molecular complexity index is 1590. The van der Waals surface area contributed by atoms with Gasteiger partial charge in [-0.05, 0) is 36.6 Å². The molecule has 2 aromatic heterocycles. The summed E-state index contributed by atoms with van der Waals surface area (Å²) in [5.41, 5.74) is 3.57. The fourth-order valence-corrected chi connectivity index (χ4v) is 6.44. The molecule has 6 rings (SSSR count). The van der Waals surface area contributed by atoms with E-state index in [1.807, 2.05) is 66.2 Å². The fourth-order valence-electron chi connectivity index (χ4n) is 6.44. The normalized spacial score (nSPS) is 18.3. The number of carbonyl (C=O) groups excluding carboxylic acids is 2. The van der Waals surface area contributed by atoms with Gasteiger partial charge in [0, 0.05) is 81.4 Å². The van der Waals surface area contributed by atoms with Crippen molar-refractivity contribution in [2.75, 3.05) is 52.4 Å². The standard InChI is InChI=1S/C31H40N8O3/c1-21(24-20-34-25-7-3-2-6-23(24)25)28(29(40)33-14-19-37-17-12-32-13-18-37)36-30(41)38-15-10-22(11-16-38)39-27-9-5-4-8-26(27)35-31(39)42/h2-9,20-22,28,32,34H,10-19H2,1H3,(H,33,40)(H,35,42)(H,36,41)/t21-,28+/m0/s1. The summed E-state index contributed by atoms with van der Waals surface area (Å²) in [5, 5.41) is 10.6. The zero-order valence-corrected chi connectivity index (χ0v) is 24.1. The van der Waals surface area contributed by atoms with Gasteiger partial charge in [-0.15, -0.1) is 0 Å².